The van der Waals surface area contributed by atoms with Gasteiger partial charge in [-0.05, 0) is 17.7 Å². The van der Waals surface area contributed by atoms with E-state index in [0.29, 0.717) is 18.7 Å². The summed E-state index contributed by atoms with van der Waals surface area (Å²) in [7, 11) is 1.69. The van der Waals surface area contributed by atoms with E-state index in [0.717, 1.165) is 24.5 Å². The van der Waals surface area contributed by atoms with Crippen molar-refractivity contribution in [3.8, 4) is 6.07 Å². The SMILES string of the molecule is COCCNCc1nccn1Cc1cccc(C#N)c1. The first-order chi connectivity index (χ1) is 9.83. The average molecular weight is 270 g/mol. The minimum atomic E-state index is 0.683. The van der Waals surface area contributed by atoms with E-state index in [2.05, 4.69) is 20.9 Å². The summed E-state index contributed by atoms with van der Waals surface area (Å²) >= 11 is 0. The van der Waals surface area contributed by atoms with Gasteiger partial charge < -0.3 is 14.6 Å². The molecule has 2 rings (SSSR count). The molecule has 0 unspecified atom stereocenters. The van der Waals surface area contributed by atoms with Crippen LogP contribution in [0.5, 0.6) is 0 Å². The van der Waals surface area contributed by atoms with E-state index in [1.807, 2.05) is 30.5 Å². The molecule has 0 aliphatic rings. The zero-order chi connectivity index (χ0) is 14.2. The van der Waals surface area contributed by atoms with Crippen LogP contribution in [0, 0.1) is 11.3 Å². The second kappa shape index (κ2) is 7.43. The predicted molar refractivity (Wildman–Crippen MR) is 76.1 cm³/mol. The molecule has 1 aromatic heterocycles. The highest BCUT2D eigenvalue weighted by Crippen LogP contribution is 2.08. The standard InChI is InChI=1S/C15H18N4O/c1-20-8-6-17-11-15-18-5-7-19(15)12-14-4-2-3-13(9-14)10-16/h2-5,7,9,17H,6,8,11-12H2,1H3. The molecule has 20 heavy (non-hydrogen) atoms. The molecular weight excluding hydrogens is 252 g/mol. The molecule has 0 bridgehead atoms. The first-order valence-corrected chi connectivity index (χ1v) is 6.52. The Kier molecular flexibility index (Phi) is 5.30. The minimum Gasteiger partial charge on any atom is -0.383 e. The highest BCUT2D eigenvalue weighted by Gasteiger charge is 2.03. The van der Waals surface area contributed by atoms with Gasteiger partial charge in [0.25, 0.3) is 0 Å². The molecular formula is C15H18N4O. The van der Waals surface area contributed by atoms with Gasteiger partial charge in [-0.2, -0.15) is 5.26 Å². The maximum Gasteiger partial charge on any atom is 0.122 e. The van der Waals surface area contributed by atoms with Crippen molar-refractivity contribution in [2.45, 2.75) is 13.1 Å². The van der Waals surface area contributed by atoms with Gasteiger partial charge in [-0.25, -0.2) is 4.98 Å². The number of hydrogen-bond acceptors (Lipinski definition) is 4. The van der Waals surface area contributed by atoms with E-state index in [9.17, 15) is 0 Å². The van der Waals surface area contributed by atoms with Gasteiger partial charge in [-0.15, -0.1) is 0 Å². The fourth-order valence-electron chi connectivity index (χ4n) is 1.96. The third-order valence-corrected chi connectivity index (χ3v) is 2.98. The van der Waals surface area contributed by atoms with Gasteiger partial charge in [0.1, 0.15) is 5.82 Å². The van der Waals surface area contributed by atoms with E-state index in [-0.39, 0.29) is 0 Å². The lowest BCUT2D eigenvalue weighted by Crippen LogP contribution is -2.21. The molecule has 1 N–H and O–H groups in total. The molecule has 0 saturated heterocycles. The summed E-state index contributed by atoms with van der Waals surface area (Å²) in [4.78, 5) is 4.35. The first kappa shape index (κ1) is 14.3. The normalized spacial score (nSPS) is 10.4. The van der Waals surface area contributed by atoms with Crippen LogP contribution in [0.4, 0.5) is 0 Å². The van der Waals surface area contributed by atoms with Gasteiger partial charge in [0.2, 0.25) is 0 Å². The smallest absolute Gasteiger partial charge is 0.122 e. The quantitative estimate of drug-likeness (QED) is 0.775. The van der Waals surface area contributed by atoms with Crippen molar-refractivity contribution in [1.29, 1.82) is 5.26 Å². The summed E-state index contributed by atoms with van der Waals surface area (Å²) in [6.07, 6.45) is 3.74. The Balaban J connectivity index is 1.99. The Hall–Kier alpha value is -2.16. The van der Waals surface area contributed by atoms with Crippen molar-refractivity contribution in [1.82, 2.24) is 14.9 Å². The maximum atomic E-state index is 8.92. The number of nitriles is 1. The number of nitrogens with one attached hydrogen (secondary N) is 1. The van der Waals surface area contributed by atoms with Crippen LogP contribution in [0.2, 0.25) is 0 Å². The van der Waals surface area contributed by atoms with Crippen molar-refractivity contribution in [3.05, 3.63) is 53.6 Å². The van der Waals surface area contributed by atoms with Crippen LogP contribution in [0.25, 0.3) is 0 Å². The number of hydrogen-bond donors (Lipinski definition) is 1. The van der Waals surface area contributed by atoms with E-state index in [1.54, 1.807) is 13.3 Å². The molecule has 0 radical (unpaired) electrons. The molecule has 0 spiro atoms. The third-order valence-electron chi connectivity index (χ3n) is 2.98. The van der Waals surface area contributed by atoms with Crippen LogP contribution in [0.3, 0.4) is 0 Å². The van der Waals surface area contributed by atoms with Gasteiger partial charge >= 0.3 is 0 Å². The number of imidazole rings is 1. The first-order valence-electron chi connectivity index (χ1n) is 6.52. The Morgan fingerprint density at radius 3 is 3.15 bits per heavy atom. The Labute approximate surface area is 118 Å². The molecule has 0 fully saturated rings. The van der Waals surface area contributed by atoms with Gasteiger partial charge in [-0.1, -0.05) is 12.1 Å². The van der Waals surface area contributed by atoms with Gasteiger partial charge in [0.05, 0.1) is 24.8 Å². The summed E-state index contributed by atoms with van der Waals surface area (Å²) < 4.78 is 7.07. The summed E-state index contributed by atoms with van der Waals surface area (Å²) in [5.41, 5.74) is 1.78. The number of rotatable bonds is 7. The largest absolute Gasteiger partial charge is 0.383 e. The molecule has 0 aliphatic heterocycles. The zero-order valence-electron chi connectivity index (χ0n) is 11.5. The van der Waals surface area contributed by atoms with Crippen LogP contribution in [-0.4, -0.2) is 29.8 Å². The average Bonchev–Trinajstić information content (AvgIpc) is 2.91. The lowest BCUT2D eigenvalue weighted by atomic mass is 10.1. The number of ether oxygens (including phenoxy) is 1. The molecule has 104 valence electrons. The molecule has 1 heterocycles. The molecule has 0 aliphatic carbocycles. The predicted octanol–water partition coefficient (Wildman–Crippen LogP) is 1.54. The van der Waals surface area contributed by atoms with Crippen LogP contribution in [0.15, 0.2) is 36.7 Å². The molecule has 5 heteroatoms. The summed E-state index contributed by atoms with van der Waals surface area (Å²) in [5.74, 6) is 0.975. The third kappa shape index (κ3) is 3.92. The second-order valence-corrected chi connectivity index (χ2v) is 4.45. The van der Waals surface area contributed by atoms with Crippen molar-refractivity contribution < 1.29 is 4.74 Å². The van der Waals surface area contributed by atoms with E-state index >= 15 is 0 Å². The molecule has 1 aromatic carbocycles. The number of benzene rings is 1. The highest BCUT2D eigenvalue weighted by molar-refractivity contribution is 5.32. The summed E-state index contributed by atoms with van der Waals surface area (Å²) in [5, 5.41) is 12.2. The fraction of sp³-hybridized carbons (Fsp3) is 0.333. The van der Waals surface area contributed by atoms with Gasteiger partial charge in [-0.3, -0.25) is 0 Å². The Morgan fingerprint density at radius 1 is 1.45 bits per heavy atom. The van der Waals surface area contributed by atoms with E-state index < -0.39 is 0 Å². The minimum absolute atomic E-state index is 0.683. The molecule has 0 atom stereocenters. The van der Waals surface area contributed by atoms with Crippen molar-refractivity contribution in [3.63, 3.8) is 0 Å². The summed E-state index contributed by atoms with van der Waals surface area (Å²) in [6, 6.07) is 9.79. The summed E-state index contributed by atoms with van der Waals surface area (Å²) in [6.45, 7) is 2.91. The number of methoxy groups -OCH3 is 1. The van der Waals surface area contributed by atoms with Crippen molar-refractivity contribution in [2.24, 2.45) is 0 Å². The Bertz CT molecular complexity index is 586. The van der Waals surface area contributed by atoms with Crippen LogP contribution in [0.1, 0.15) is 17.0 Å². The van der Waals surface area contributed by atoms with Crippen molar-refractivity contribution in [2.75, 3.05) is 20.3 Å². The van der Waals surface area contributed by atoms with Crippen molar-refractivity contribution >= 4 is 0 Å². The zero-order valence-corrected chi connectivity index (χ0v) is 11.5. The molecule has 0 saturated carbocycles. The van der Waals surface area contributed by atoms with Crippen LogP contribution < -0.4 is 5.32 Å². The van der Waals surface area contributed by atoms with Crippen LogP contribution in [-0.2, 0) is 17.8 Å². The monoisotopic (exact) mass is 270 g/mol. The lowest BCUT2D eigenvalue weighted by Gasteiger charge is -2.09. The lowest BCUT2D eigenvalue weighted by molar-refractivity contribution is 0.199. The van der Waals surface area contributed by atoms with Crippen LogP contribution >= 0.6 is 0 Å². The topological polar surface area (TPSA) is 62.9 Å². The van der Waals surface area contributed by atoms with E-state index in [4.69, 9.17) is 10.00 Å². The number of nitrogens with zero attached hydrogens (tertiary/aromatic N) is 3. The van der Waals surface area contributed by atoms with E-state index in [1.165, 1.54) is 0 Å². The second-order valence-electron chi connectivity index (χ2n) is 4.45. The highest BCUT2D eigenvalue weighted by atomic mass is 16.5. The molecule has 5 nitrogen and oxygen atoms in total. The Morgan fingerprint density at radius 2 is 2.35 bits per heavy atom. The van der Waals surface area contributed by atoms with Gasteiger partial charge in [0.15, 0.2) is 0 Å². The number of aromatic nitrogens is 2. The molecule has 0 amide bonds. The maximum absolute atomic E-state index is 8.92. The molecule has 2 aromatic rings. The fourth-order valence-corrected chi connectivity index (χ4v) is 1.96. The van der Waals surface area contributed by atoms with Gasteiger partial charge in [0, 0.05) is 32.6 Å².